The first-order chi connectivity index (χ1) is 10.7. The standard InChI is InChI=1S/C17H19N3O2/c1-2-15-19-14-9-18-13-6-4-3-5-12(13)16(14)20(15)10-17(21)7-8-22-11-17/h3-6,9,21H,2,7-8,10-11H2,1H3. The third-order valence-electron chi connectivity index (χ3n) is 4.41. The second kappa shape index (κ2) is 5.04. The van der Waals surface area contributed by atoms with E-state index in [2.05, 4.69) is 22.5 Å². The van der Waals surface area contributed by atoms with Gasteiger partial charge in [-0.25, -0.2) is 4.98 Å². The molecule has 0 bridgehead atoms. The van der Waals surface area contributed by atoms with Gasteiger partial charge in [0.2, 0.25) is 0 Å². The Balaban J connectivity index is 1.96. The van der Waals surface area contributed by atoms with E-state index in [1.54, 1.807) is 0 Å². The monoisotopic (exact) mass is 297 g/mol. The minimum absolute atomic E-state index is 0.388. The second-order valence-corrected chi connectivity index (χ2v) is 6.00. The van der Waals surface area contributed by atoms with Crippen LogP contribution in [0.5, 0.6) is 0 Å². The fraction of sp³-hybridized carbons (Fsp3) is 0.412. The molecular formula is C17H19N3O2. The Morgan fingerprint density at radius 3 is 2.95 bits per heavy atom. The molecule has 4 rings (SSSR count). The summed E-state index contributed by atoms with van der Waals surface area (Å²) in [7, 11) is 0. The van der Waals surface area contributed by atoms with Crippen LogP contribution in [-0.2, 0) is 17.7 Å². The third-order valence-corrected chi connectivity index (χ3v) is 4.41. The van der Waals surface area contributed by atoms with Gasteiger partial charge in [0.15, 0.2) is 0 Å². The summed E-state index contributed by atoms with van der Waals surface area (Å²) in [6, 6.07) is 8.07. The molecule has 0 saturated carbocycles. The quantitative estimate of drug-likeness (QED) is 0.806. The van der Waals surface area contributed by atoms with Crippen molar-refractivity contribution >= 4 is 21.9 Å². The van der Waals surface area contributed by atoms with E-state index in [1.165, 1.54) is 0 Å². The van der Waals surface area contributed by atoms with Crippen molar-refractivity contribution in [1.82, 2.24) is 14.5 Å². The van der Waals surface area contributed by atoms with Crippen molar-refractivity contribution in [2.24, 2.45) is 0 Å². The largest absolute Gasteiger partial charge is 0.386 e. The lowest BCUT2D eigenvalue weighted by Gasteiger charge is -2.22. The fourth-order valence-electron chi connectivity index (χ4n) is 3.27. The molecule has 0 amide bonds. The molecule has 5 heteroatoms. The minimum atomic E-state index is -0.804. The van der Waals surface area contributed by atoms with Crippen molar-refractivity contribution < 1.29 is 9.84 Å². The maximum atomic E-state index is 10.7. The normalized spacial score (nSPS) is 21.9. The number of aliphatic hydroxyl groups is 1. The number of imidazole rings is 1. The van der Waals surface area contributed by atoms with Gasteiger partial charge in [-0.2, -0.15) is 0 Å². The lowest BCUT2D eigenvalue weighted by molar-refractivity contribution is 0.0122. The van der Waals surface area contributed by atoms with Gasteiger partial charge < -0.3 is 14.4 Å². The van der Waals surface area contributed by atoms with Crippen LogP contribution in [-0.4, -0.2) is 38.5 Å². The van der Waals surface area contributed by atoms with Gasteiger partial charge in [-0.3, -0.25) is 4.98 Å². The Morgan fingerprint density at radius 1 is 1.32 bits per heavy atom. The topological polar surface area (TPSA) is 60.2 Å². The number of aromatic nitrogens is 3. The highest BCUT2D eigenvalue weighted by molar-refractivity contribution is 6.02. The zero-order chi connectivity index (χ0) is 15.2. The number of pyridine rings is 1. The van der Waals surface area contributed by atoms with Gasteiger partial charge in [-0.15, -0.1) is 0 Å². The smallest absolute Gasteiger partial charge is 0.109 e. The molecule has 114 valence electrons. The van der Waals surface area contributed by atoms with Gasteiger partial charge in [0.25, 0.3) is 0 Å². The number of hydrogen-bond acceptors (Lipinski definition) is 4. The third kappa shape index (κ3) is 2.09. The van der Waals surface area contributed by atoms with E-state index in [4.69, 9.17) is 9.72 Å². The van der Waals surface area contributed by atoms with Crippen molar-refractivity contribution in [3.05, 3.63) is 36.3 Å². The Bertz CT molecular complexity index is 834. The average molecular weight is 297 g/mol. The molecule has 2 aromatic heterocycles. The Morgan fingerprint density at radius 2 is 2.18 bits per heavy atom. The molecule has 3 aromatic rings. The average Bonchev–Trinajstić information content (AvgIpc) is 3.12. The first-order valence-electron chi connectivity index (χ1n) is 7.73. The van der Waals surface area contributed by atoms with Crippen LogP contribution in [0, 0.1) is 0 Å². The SMILES string of the molecule is CCc1nc2cnc3ccccc3c2n1CC1(O)CCOC1. The molecule has 1 fully saturated rings. The maximum Gasteiger partial charge on any atom is 0.109 e. The first kappa shape index (κ1) is 13.7. The zero-order valence-corrected chi connectivity index (χ0v) is 12.6. The molecule has 0 radical (unpaired) electrons. The van der Waals surface area contributed by atoms with E-state index in [0.29, 0.717) is 26.2 Å². The number of nitrogens with zero attached hydrogens (tertiary/aromatic N) is 3. The molecule has 22 heavy (non-hydrogen) atoms. The van der Waals surface area contributed by atoms with Crippen LogP contribution in [0.15, 0.2) is 30.5 Å². The highest BCUT2D eigenvalue weighted by atomic mass is 16.5. The van der Waals surface area contributed by atoms with Gasteiger partial charge in [0.05, 0.1) is 30.4 Å². The van der Waals surface area contributed by atoms with E-state index < -0.39 is 5.60 Å². The maximum absolute atomic E-state index is 10.7. The van der Waals surface area contributed by atoms with Crippen LogP contribution in [0.1, 0.15) is 19.2 Å². The number of ether oxygens (including phenoxy) is 1. The number of hydrogen-bond donors (Lipinski definition) is 1. The predicted molar refractivity (Wildman–Crippen MR) is 84.8 cm³/mol. The van der Waals surface area contributed by atoms with Crippen LogP contribution in [0.4, 0.5) is 0 Å². The molecule has 1 aromatic carbocycles. The molecule has 1 atom stereocenters. The van der Waals surface area contributed by atoms with Crippen molar-refractivity contribution in [3.8, 4) is 0 Å². The Kier molecular flexibility index (Phi) is 3.13. The molecule has 0 aliphatic carbocycles. The summed E-state index contributed by atoms with van der Waals surface area (Å²) in [5.74, 6) is 0.980. The number of fused-ring (bicyclic) bond motifs is 3. The van der Waals surface area contributed by atoms with Crippen molar-refractivity contribution in [2.75, 3.05) is 13.2 Å². The fourth-order valence-corrected chi connectivity index (χ4v) is 3.27. The van der Waals surface area contributed by atoms with Crippen molar-refractivity contribution in [1.29, 1.82) is 0 Å². The van der Waals surface area contributed by atoms with Gasteiger partial charge in [0, 0.05) is 24.8 Å². The van der Waals surface area contributed by atoms with Crippen molar-refractivity contribution in [3.63, 3.8) is 0 Å². The van der Waals surface area contributed by atoms with Gasteiger partial charge >= 0.3 is 0 Å². The van der Waals surface area contributed by atoms with Gasteiger partial charge in [0.1, 0.15) is 16.9 Å². The summed E-state index contributed by atoms with van der Waals surface area (Å²) in [6.07, 6.45) is 3.31. The zero-order valence-electron chi connectivity index (χ0n) is 12.6. The lowest BCUT2D eigenvalue weighted by atomic mass is 10.0. The molecule has 3 heterocycles. The summed E-state index contributed by atoms with van der Waals surface area (Å²) in [6.45, 7) is 3.61. The van der Waals surface area contributed by atoms with E-state index in [-0.39, 0.29) is 0 Å². The molecular weight excluding hydrogens is 278 g/mol. The highest BCUT2D eigenvalue weighted by Gasteiger charge is 2.34. The molecule has 1 saturated heterocycles. The van der Waals surface area contributed by atoms with E-state index in [1.807, 2.05) is 24.4 Å². The highest BCUT2D eigenvalue weighted by Crippen LogP contribution is 2.28. The van der Waals surface area contributed by atoms with Crippen LogP contribution in [0.3, 0.4) is 0 Å². The molecule has 5 nitrogen and oxygen atoms in total. The number of aryl methyl sites for hydroxylation is 1. The number of benzene rings is 1. The second-order valence-electron chi connectivity index (χ2n) is 6.00. The molecule has 1 N–H and O–H groups in total. The summed E-state index contributed by atoms with van der Waals surface area (Å²) in [5, 5.41) is 11.8. The molecule has 1 aliphatic heterocycles. The summed E-state index contributed by atoms with van der Waals surface area (Å²) < 4.78 is 7.53. The van der Waals surface area contributed by atoms with Crippen LogP contribution >= 0.6 is 0 Å². The minimum Gasteiger partial charge on any atom is -0.386 e. The van der Waals surface area contributed by atoms with Crippen LogP contribution < -0.4 is 0 Å². The van der Waals surface area contributed by atoms with Crippen LogP contribution in [0.2, 0.25) is 0 Å². The van der Waals surface area contributed by atoms with Gasteiger partial charge in [-0.1, -0.05) is 25.1 Å². The summed E-state index contributed by atoms with van der Waals surface area (Å²) in [4.78, 5) is 9.19. The molecule has 0 spiro atoms. The lowest BCUT2D eigenvalue weighted by Crippen LogP contribution is -2.35. The first-order valence-corrected chi connectivity index (χ1v) is 7.73. The number of para-hydroxylation sites is 1. The van der Waals surface area contributed by atoms with E-state index >= 15 is 0 Å². The van der Waals surface area contributed by atoms with E-state index in [9.17, 15) is 5.11 Å². The van der Waals surface area contributed by atoms with Gasteiger partial charge in [-0.05, 0) is 6.07 Å². The van der Waals surface area contributed by atoms with E-state index in [0.717, 1.165) is 34.2 Å². The number of rotatable bonds is 3. The molecule has 1 aliphatic rings. The summed E-state index contributed by atoms with van der Waals surface area (Å²) >= 11 is 0. The summed E-state index contributed by atoms with van der Waals surface area (Å²) in [5.41, 5.74) is 2.09. The Hall–Kier alpha value is -1.98. The Labute approximate surface area is 128 Å². The van der Waals surface area contributed by atoms with Crippen molar-refractivity contribution in [2.45, 2.75) is 31.9 Å². The molecule has 1 unspecified atom stereocenters. The predicted octanol–water partition coefficient (Wildman–Crippen LogP) is 2.30. The van der Waals surface area contributed by atoms with Crippen LogP contribution in [0.25, 0.3) is 21.9 Å².